The highest BCUT2D eigenvalue weighted by Crippen LogP contribution is 2.30. The van der Waals surface area contributed by atoms with E-state index in [2.05, 4.69) is 12.6 Å². The SMILES string of the molecule is O=C(S)CC1CCS1. The van der Waals surface area contributed by atoms with E-state index in [1.54, 1.807) is 0 Å². The van der Waals surface area contributed by atoms with Crippen LogP contribution < -0.4 is 0 Å². The Labute approximate surface area is 58.6 Å². The van der Waals surface area contributed by atoms with E-state index in [0.29, 0.717) is 11.7 Å². The lowest BCUT2D eigenvalue weighted by Crippen LogP contribution is -2.17. The van der Waals surface area contributed by atoms with E-state index in [4.69, 9.17) is 0 Å². The molecule has 0 N–H and O–H groups in total. The molecule has 0 aromatic rings. The van der Waals surface area contributed by atoms with E-state index in [-0.39, 0.29) is 5.12 Å². The van der Waals surface area contributed by atoms with Crippen LogP contribution in [0.5, 0.6) is 0 Å². The Balaban J connectivity index is 2.09. The predicted octanol–water partition coefficient (Wildman–Crippen LogP) is 1.34. The Morgan fingerprint density at radius 3 is 2.62 bits per heavy atom. The highest BCUT2D eigenvalue weighted by atomic mass is 32.2. The minimum Gasteiger partial charge on any atom is -0.287 e. The average Bonchev–Trinajstić information content (AvgIpc) is 1.55. The van der Waals surface area contributed by atoms with Gasteiger partial charge in [-0.25, -0.2) is 0 Å². The van der Waals surface area contributed by atoms with E-state index in [1.165, 1.54) is 12.2 Å². The molecule has 1 nitrogen and oxygen atoms in total. The summed E-state index contributed by atoms with van der Waals surface area (Å²) < 4.78 is 0. The van der Waals surface area contributed by atoms with Crippen molar-refractivity contribution < 1.29 is 4.79 Å². The maximum Gasteiger partial charge on any atom is 0.187 e. The van der Waals surface area contributed by atoms with Crippen molar-refractivity contribution in [1.82, 2.24) is 0 Å². The van der Waals surface area contributed by atoms with Crippen molar-refractivity contribution in [3.63, 3.8) is 0 Å². The molecule has 8 heavy (non-hydrogen) atoms. The first-order chi connectivity index (χ1) is 3.79. The average molecular weight is 148 g/mol. The first-order valence-corrected chi connectivity index (χ1v) is 4.12. The summed E-state index contributed by atoms with van der Waals surface area (Å²) in [4.78, 5) is 10.3. The Bertz CT molecular complexity index is 98.6. The van der Waals surface area contributed by atoms with Gasteiger partial charge in [-0.15, -0.1) is 12.6 Å². The quantitative estimate of drug-likeness (QED) is 0.595. The summed E-state index contributed by atoms with van der Waals surface area (Å²) >= 11 is 5.54. The molecule has 1 rings (SSSR count). The fourth-order valence-electron chi connectivity index (χ4n) is 0.640. The van der Waals surface area contributed by atoms with Gasteiger partial charge in [-0.1, -0.05) is 0 Å². The predicted molar refractivity (Wildman–Crippen MR) is 39.5 cm³/mol. The highest BCUT2D eigenvalue weighted by Gasteiger charge is 2.19. The number of carbonyl (C=O) groups excluding carboxylic acids is 1. The molecule has 3 heteroatoms. The Kier molecular flexibility index (Phi) is 2.26. The van der Waals surface area contributed by atoms with E-state index in [0.717, 1.165) is 0 Å². The molecule has 1 fully saturated rings. The first kappa shape index (κ1) is 6.49. The second-order valence-corrected chi connectivity index (χ2v) is 3.79. The third kappa shape index (κ3) is 1.71. The van der Waals surface area contributed by atoms with Crippen LogP contribution in [0.15, 0.2) is 0 Å². The van der Waals surface area contributed by atoms with Crippen LogP contribution in [-0.4, -0.2) is 16.1 Å². The summed E-state index contributed by atoms with van der Waals surface area (Å²) in [5, 5.41) is 0.627. The molecule has 0 aromatic heterocycles. The first-order valence-electron chi connectivity index (χ1n) is 2.62. The van der Waals surface area contributed by atoms with Crippen molar-refractivity contribution in [3.05, 3.63) is 0 Å². The summed E-state index contributed by atoms with van der Waals surface area (Å²) in [5.74, 6) is 1.23. The van der Waals surface area contributed by atoms with Crippen LogP contribution in [0, 0.1) is 0 Å². The molecule has 0 saturated carbocycles. The Morgan fingerprint density at radius 1 is 1.88 bits per heavy atom. The number of hydrogen-bond acceptors (Lipinski definition) is 2. The van der Waals surface area contributed by atoms with Gasteiger partial charge in [0.05, 0.1) is 0 Å². The van der Waals surface area contributed by atoms with Crippen molar-refractivity contribution in [2.75, 3.05) is 5.75 Å². The second kappa shape index (κ2) is 2.78. The van der Waals surface area contributed by atoms with Crippen LogP contribution in [-0.2, 0) is 4.79 Å². The lowest BCUT2D eigenvalue weighted by atomic mass is 10.2. The number of hydrogen-bond donors (Lipinski definition) is 1. The zero-order valence-electron chi connectivity index (χ0n) is 4.46. The van der Waals surface area contributed by atoms with Crippen LogP contribution in [0.1, 0.15) is 12.8 Å². The van der Waals surface area contributed by atoms with E-state index in [9.17, 15) is 4.79 Å². The number of rotatable bonds is 2. The molecule has 46 valence electrons. The van der Waals surface area contributed by atoms with Crippen LogP contribution in [0.25, 0.3) is 0 Å². The van der Waals surface area contributed by atoms with Crippen molar-refractivity contribution in [2.45, 2.75) is 18.1 Å². The molecule has 1 unspecified atom stereocenters. The van der Waals surface area contributed by atoms with Gasteiger partial charge in [-0.2, -0.15) is 11.8 Å². The molecular formula is C5H8OS2. The van der Waals surface area contributed by atoms with Crippen LogP contribution in [0.4, 0.5) is 0 Å². The standard InChI is InChI=1S/C5H8OS2/c6-5(7)3-4-1-2-8-4/h4H,1-3H2,(H,6,7). The van der Waals surface area contributed by atoms with Gasteiger partial charge in [0, 0.05) is 11.7 Å². The largest absolute Gasteiger partial charge is 0.287 e. The molecule has 0 aromatic carbocycles. The van der Waals surface area contributed by atoms with Gasteiger partial charge in [0.25, 0.3) is 0 Å². The molecule has 1 aliphatic heterocycles. The maximum atomic E-state index is 10.3. The van der Waals surface area contributed by atoms with Gasteiger partial charge >= 0.3 is 0 Å². The minimum absolute atomic E-state index is 0.0298. The highest BCUT2D eigenvalue weighted by molar-refractivity contribution is 8.01. The molecule has 0 bridgehead atoms. The number of thiol groups is 1. The fraction of sp³-hybridized carbons (Fsp3) is 0.800. The summed E-state index contributed by atoms with van der Waals surface area (Å²) in [5.41, 5.74) is 0. The molecule has 0 radical (unpaired) electrons. The minimum atomic E-state index is 0.0298. The summed E-state index contributed by atoms with van der Waals surface area (Å²) in [6, 6.07) is 0. The van der Waals surface area contributed by atoms with Crippen molar-refractivity contribution in [1.29, 1.82) is 0 Å². The molecule has 0 aliphatic carbocycles. The molecular weight excluding hydrogens is 140 g/mol. The van der Waals surface area contributed by atoms with Crippen LogP contribution in [0.3, 0.4) is 0 Å². The zero-order valence-corrected chi connectivity index (χ0v) is 6.17. The summed E-state index contributed by atoms with van der Waals surface area (Å²) in [6.07, 6.45) is 1.87. The van der Waals surface area contributed by atoms with E-state index in [1.807, 2.05) is 11.8 Å². The van der Waals surface area contributed by atoms with Crippen molar-refractivity contribution >= 4 is 29.5 Å². The fourth-order valence-corrected chi connectivity index (χ4v) is 1.82. The van der Waals surface area contributed by atoms with Gasteiger partial charge in [0.2, 0.25) is 0 Å². The third-order valence-corrected chi connectivity index (χ3v) is 2.72. The zero-order chi connectivity index (χ0) is 5.98. The van der Waals surface area contributed by atoms with Crippen molar-refractivity contribution in [2.24, 2.45) is 0 Å². The van der Waals surface area contributed by atoms with E-state index >= 15 is 0 Å². The molecule has 1 heterocycles. The molecule has 0 spiro atoms. The monoisotopic (exact) mass is 148 g/mol. The lowest BCUT2D eigenvalue weighted by molar-refractivity contribution is -0.110. The van der Waals surface area contributed by atoms with Gasteiger partial charge in [0.15, 0.2) is 5.12 Å². The smallest absolute Gasteiger partial charge is 0.187 e. The lowest BCUT2D eigenvalue weighted by Gasteiger charge is -2.22. The topological polar surface area (TPSA) is 17.1 Å². The summed E-state index contributed by atoms with van der Waals surface area (Å²) in [6.45, 7) is 0. The Hall–Kier alpha value is 0.370. The van der Waals surface area contributed by atoms with Gasteiger partial charge in [0.1, 0.15) is 0 Å². The Morgan fingerprint density at radius 2 is 2.50 bits per heavy atom. The molecule has 1 saturated heterocycles. The molecule has 1 atom stereocenters. The van der Waals surface area contributed by atoms with Gasteiger partial charge in [-0.3, -0.25) is 4.79 Å². The maximum absolute atomic E-state index is 10.3. The summed E-state index contributed by atoms with van der Waals surface area (Å²) in [7, 11) is 0. The number of carbonyl (C=O) groups is 1. The van der Waals surface area contributed by atoms with Crippen molar-refractivity contribution in [3.8, 4) is 0 Å². The number of thioether (sulfide) groups is 1. The normalized spacial score (nSPS) is 26.9. The van der Waals surface area contributed by atoms with Crippen LogP contribution in [0.2, 0.25) is 0 Å². The van der Waals surface area contributed by atoms with Gasteiger partial charge < -0.3 is 0 Å². The van der Waals surface area contributed by atoms with Gasteiger partial charge in [-0.05, 0) is 12.2 Å². The third-order valence-electron chi connectivity index (χ3n) is 1.20. The van der Waals surface area contributed by atoms with Crippen LogP contribution >= 0.6 is 24.4 Å². The second-order valence-electron chi connectivity index (χ2n) is 1.88. The van der Waals surface area contributed by atoms with E-state index < -0.39 is 0 Å². The molecule has 1 aliphatic rings. The molecule has 0 amide bonds.